The quantitative estimate of drug-likeness (QED) is 0.785. The summed E-state index contributed by atoms with van der Waals surface area (Å²) in [5.74, 6) is -1.06. The van der Waals surface area contributed by atoms with E-state index in [-0.39, 0.29) is 0 Å². The van der Waals surface area contributed by atoms with Crippen molar-refractivity contribution in [2.75, 3.05) is 23.1 Å². The zero-order valence-electron chi connectivity index (χ0n) is 10.1. The van der Waals surface area contributed by atoms with Crippen LogP contribution < -0.4 is 11.1 Å². The lowest BCUT2D eigenvalue weighted by Gasteiger charge is -2.12. The first-order chi connectivity index (χ1) is 7.69. The first-order valence-corrected chi connectivity index (χ1v) is 7.09. The lowest BCUT2D eigenvalue weighted by molar-refractivity contribution is -0.113. The van der Waals surface area contributed by atoms with Crippen molar-refractivity contribution in [1.29, 1.82) is 0 Å². The van der Waals surface area contributed by atoms with Crippen molar-refractivity contribution in [3.05, 3.63) is 23.3 Å². The fourth-order valence-electron chi connectivity index (χ4n) is 1.61. The molecule has 0 radical (unpaired) electrons. The minimum absolute atomic E-state index is 0.518. The van der Waals surface area contributed by atoms with Crippen LogP contribution in [0.25, 0.3) is 0 Å². The summed E-state index contributed by atoms with van der Waals surface area (Å²) in [7, 11) is -3.31. The second kappa shape index (κ2) is 4.75. The number of rotatable bonds is 3. The maximum atomic E-state index is 11.5. The lowest BCUT2D eigenvalue weighted by atomic mass is 10.1. The van der Waals surface area contributed by atoms with E-state index < -0.39 is 21.5 Å². The maximum Gasteiger partial charge on any atom is 0.239 e. The third-order valence-electron chi connectivity index (χ3n) is 2.21. The maximum absolute atomic E-state index is 11.5. The van der Waals surface area contributed by atoms with E-state index in [1.165, 1.54) is 0 Å². The van der Waals surface area contributed by atoms with E-state index in [0.29, 0.717) is 11.4 Å². The molecule has 0 saturated heterocycles. The molecule has 94 valence electrons. The summed E-state index contributed by atoms with van der Waals surface area (Å²) in [4.78, 5) is 11.5. The van der Waals surface area contributed by atoms with Crippen LogP contribution in [0.4, 0.5) is 11.4 Å². The van der Waals surface area contributed by atoms with Crippen molar-refractivity contribution in [2.24, 2.45) is 0 Å². The number of aryl methyl sites for hydroxylation is 2. The zero-order valence-corrected chi connectivity index (χ0v) is 10.9. The zero-order chi connectivity index (χ0) is 13.2. The Morgan fingerprint density at radius 2 is 1.76 bits per heavy atom. The van der Waals surface area contributed by atoms with Crippen LogP contribution in [0.2, 0.25) is 0 Å². The first kappa shape index (κ1) is 13.5. The van der Waals surface area contributed by atoms with Crippen LogP contribution in [0.1, 0.15) is 11.1 Å². The smallest absolute Gasteiger partial charge is 0.239 e. The van der Waals surface area contributed by atoms with Crippen LogP contribution in [0, 0.1) is 13.8 Å². The Hall–Kier alpha value is -1.56. The van der Waals surface area contributed by atoms with Gasteiger partial charge in [0.05, 0.1) is 0 Å². The van der Waals surface area contributed by atoms with Crippen LogP contribution in [0.15, 0.2) is 12.1 Å². The molecule has 17 heavy (non-hydrogen) atoms. The number of sulfone groups is 1. The third-order valence-corrected chi connectivity index (χ3v) is 3.00. The number of hydrogen-bond donors (Lipinski definition) is 2. The van der Waals surface area contributed by atoms with Crippen molar-refractivity contribution < 1.29 is 13.2 Å². The Bertz CT molecular complexity index is 527. The van der Waals surface area contributed by atoms with Crippen molar-refractivity contribution in [3.63, 3.8) is 0 Å². The van der Waals surface area contributed by atoms with Crippen molar-refractivity contribution in [1.82, 2.24) is 0 Å². The summed E-state index contributed by atoms with van der Waals surface area (Å²) in [6.07, 6.45) is 1.02. The number of nitrogens with one attached hydrogen (secondary N) is 1. The van der Waals surface area contributed by atoms with Gasteiger partial charge in [0.1, 0.15) is 5.75 Å². The summed E-state index contributed by atoms with van der Waals surface area (Å²) in [5.41, 5.74) is 8.50. The van der Waals surface area contributed by atoms with Crippen LogP contribution in [0.5, 0.6) is 0 Å². The summed E-state index contributed by atoms with van der Waals surface area (Å²) in [6.45, 7) is 3.61. The Balaban J connectivity index is 2.93. The van der Waals surface area contributed by atoms with Gasteiger partial charge in [0.15, 0.2) is 9.84 Å². The highest BCUT2D eigenvalue weighted by molar-refractivity contribution is 7.91. The second-order valence-electron chi connectivity index (χ2n) is 4.15. The molecule has 0 aliphatic carbocycles. The van der Waals surface area contributed by atoms with E-state index in [2.05, 4.69) is 5.32 Å². The lowest BCUT2D eigenvalue weighted by Crippen LogP contribution is -2.22. The summed E-state index contributed by atoms with van der Waals surface area (Å²) in [5, 5.41) is 2.59. The van der Waals surface area contributed by atoms with E-state index in [1.807, 2.05) is 0 Å². The molecule has 6 heteroatoms. The molecule has 3 N–H and O–H groups in total. The fourth-order valence-corrected chi connectivity index (χ4v) is 2.16. The van der Waals surface area contributed by atoms with Crippen molar-refractivity contribution in [3.8, 4) is 0 Å². The Morgan fingerprint density at radius 3 is 2.18 bits per heavy atom. The Kier molecular flexibility index (Phi) is 3.77. The molecule has 0 heterocycles. The highest BCUT2D eigenvalue weighted by atomic mass is 32.2. The number of benzene rings is 1. The van der Waals surface area contributed by atoms with Gasteiger partial charge in [-0.1, -0.05) is 0 Å². The van der Waals surface area contributed by atoms with Gasteiger partial charge in [0, 0.05) is 17.6 Å². The van der Waals surface area contributed by atoms with E-state index >= 15 is 0 Å². The van der Waals surface area contributed by atoms with Gasteiger partial charge in [0.25, 0.3) is 0 Å². The molecule has 1 rings (SSSR count). The Morgan fingerprint density at radius 1 is 1.29 bits per heavy atom. The summed E-state index contributed by atoms with van der Waals surface area (Å²) >= 11 is 0. The topological polar surface area (TPSA) is 89.3 Å². The summed E-state index contributed by atoms with van der Waals surface area (Å²) in [6, 6.07) is 3.45. The molecule has 0 aliphatic rings. The predicted octanol–water partition coefficient (Wildman–Crippen LogP) is 0.869. The van der Waals surface area contributed by atoms with Gasteiger partial charge in [-0.2, -0.15) is 0 Å². The number of carbonyl (C=O) groups excluding carboxylic acids is 1. The molecule has 0 aromatic heterocycles. The minimum Gasteiger partial charge on any atom is -0.399 e. The molecule has 0 aliphatic heterocycles. The highest BCUT2D eigenvalue weighted by Crippen LogP contribution is 2.23. The van der Waals surface area contributed by atoms with Crippen molar-refractivity contribution >= 4 is 27.1 Å². The SMILES string of the molecule is Cc1cc(N)cc(C)c1NC(=O)CS(C)(=O)=O. The molecule has 0 spiro atoms. The van der Waals surface area contributed by atoms with Crippen LogP contribution in [-0.4, -0.2) is 26.3 Å². The van der Waals surface area contributed by atoms with E-state index in [4.69, 9.17) is 5.73 Å². The second-order valence-corrected chi connectivity index (χ2v) is 6.29. The predicted molar refractivity (Wildman–Crippen MR) is 68.7 cm³/mol. The van der Waals surface area contributed by atoms with Gasteiger partial charge >= 0.3 is 0 Å². The molecule has 5 nitrogen and oxygen atoms in total. The molecule has 1 aromatic rings. The third kappa shape index (κ3) is 4.07. The van der Waals surface area contributed by atoms with Gasteiger partial charge in [0.2, 0.25) is 5.91 Å². The van der Waals surface area contributed by atoms with Gasteiger partial charge in [-0.05, 0) is 37.1 Å². The molecular weight excluding hydrogens is 240 g/mol. The van der Waals surface area contributed by atoms with E-state index in [0.717, 1.165) is 17.4 Å². The minimum atomic E-state index is -3.31. The number of nitrogens with two attached hydrogens (primary N) is 1. The number of nitrogen functional groups attached to an aromatic ring is 1. The summed E-state index contributed by atoms with van der Waals surface area (Å²) < 4.78 is 22.0. The normalized spacial score (nSPS) is 11.2. The number of anilines is 2. The van der Waals surface area contributed by atoms with Gasteiger partial charge < -0.3 is 11.1 Å². The molecular formula is C11H16N2O3S. The molecule has 0 saturated carbocycles. The average Bonchev–Trinajstić information content (AvgIpc) is 2.08. The number of amides is 1. The van der Waals surface area contributed by atoms with E-state index in [1.54, 1.807) is 26.0 Å². The highest BCUT2D eigenvalue weighted by Gasteiger charge is 2.13. The van der Waals surface area contributed by atoms with E-state index in [9.17, 15) is 13.2 Å². The van der Waals surface area contributed by atoms with Gasteiger partial charge in [-0.15, -0.1) is 0 Å². The van der Waals surface area contributed by atoms with Crippen molar-refractivity contribution in [2.45, 2.75) is 13.8 Å². The molecule has 0 fully saturated rings. The van der Waals surface area contributed by atoms with Gasteiger partial charge in [-0.3, -0.25) is 4.79 Å². The standard InChI is InChI=1S/C11H16N2O3S/c1-7-4-9(12)5-8(2)11(7)13-10(14)6-17(3,15)16/h4-5H,6,12H2,1-3H3,(H,13,14). The van der Waals surface area contributed by atoms with Crippen LogP contribution in [0.3, 0.4) is 0 Å². The molecule has 0 atom stereocenters. The number of carbonyl (C=O) groups is 1. The average molecular weight is 256 g/mol. The first-order valence-electron chi connectivity index (χ1n) is 5.03. The Labute approximate surface area is 101 Å². The molecule has 0 bridgehead atoms. The largest absolute Gasteiger partial charge is 0.399 e. The monoisotopic (exact) mass is 256 g/mol. The van der Waals surface area contributed by atoms with Crippen LogP contribution in [-0.2, 0) is 14.6 Å². The van der Waals surface area contributed by atoms with Gasteiger partial charge in [-0.25, -0.2) is 8.42 Å². The molecule has 1 amide bonds. The number of hydrogen-bond acceptors (Lipinski definition) is 4. The molecule has 0 unspecified atom stereocenters. The fraction of sp³-hybridized carbons (Fsp3) is 0.364. The molecule has 1 aromatic carbocycles. The van der Waals surface area contributed by atoms with Crippen LogP contribution >= 0.6 is 0 Å².